The number of rotatable bonds is 5. The van der Waals surface area contributed by atoms with Crippen LogP contribution in [0.15, 0.2) is 42.6 Å². The molecule has 0 aliphatic carbocycles. The highest BCUT2D eigenvalue weighted by molar-refractivity contribution is 5.88. The Morgan fingerprint density at radius 3 is 2.76 bits per heavy atom. The van der Waals surface area contributed by atoms with Gasteiger partial charge in [0, 0.05) is 43.4 Å². The summed E-state index contributed by atoms with van der Waals surface area (Å²) in [5.41, 5.74) is 1.91. The zero-order valence-electron chi connectivity index (χ0n) is 15.8. The molecule has 1 fully saturated rings. The van der Waals surface area contributed by atoms with Crippen molar-refractivity contribution in [3.05, 3.63) is 63.8 Å². The standard InChI is InChI=1S/C21H20N6O2/c22-13-16-11-20(25-19-5-4-17(27(28)29)12-18(16)19)24-14-15-6-7-23-21(10-15)26-8-2-1-3-9-26/h4-7,10-12H,1-3,8-9,14H2,(H,24,25). The summed E-state index contributed by atoms with van der Waals surface area (Å²) in [7, 11) is 0. The molecule has 29 heavy (non-hydrogen) atoms. The molecule has 0 spiro atoms. The third kappa shape index (κ3) is 4.09. The third-order valence-electron chi connectivity index (χ3n) is 5.09. The van der Waals surface area contributed by atoms with Crippen LogP contribution in [0.1, 0.15) is 30.4 Å². The van der Waals surface area contributed by atoms with E-state index in [2.05, 4.69) is 32.3 Å². The van der Waals surface area contributed by atoms with Gasteiger partial charge in [0.1, 0.15) is 11.6 Å². The molecule has 0 saturated carbocycles. The number of nitriles is 1. The Kier molecular flexibility index (Phi) is 5.20. The maximum Gasteiger partial charge on any atom is 0.270 e. The molecule has 3 heterocycles. The molecule has 0 radical (unpaired) electrons. The molecule has 1 aliphatic rings. The lowest BCUT2D eigenvalue weighted by Gasteiger charge is -2.27. The maximum absolute atomic E-state index is 11.0. The summed E-state index contributed by atoms with van der Waals surface area (Å²) in [6, 6.07) is 12.1. The molecule has 3 aromatic rings. The van der Waals surface area contributed by atoms with E-state index in [1.807, 2.05) is 12.3 Å². The number of benzene rings is 1. The summed E-state index contributed by atoms with van der Waals surface area (Å²) in [5, 5.41) is 24.2. The number of fused-ring (bicyclic) bond motifs is 1. The second kappa shape index (κ2) is 8.10. The van der Waals surface area contributed by atoms with Gasteiger partial charge < -0.3 is 10.2 Å². The highest BCUT2D eigenvalue weighted by Crippen LogP contribution is 2.25. The van der Waals surface area contributed by atoms with Crippen LogP contribution in [0.5, 0.6) is 0 Å². The molecule has 2 aromatic heterocycles. The molecule has 1 aliphatic heterocycles. The molecule has 1 aromatic carbocycles. The zero-order valence-corrected chi connectivity index (χ0v) is 15.8. The van der Waals surface area contributed by atoms with Gasteiger partial charge in [0.15, 0.2) is 0 Å². The van der Waals surface area contributed by atoms with Gasteiger partial charge >= 0.3 is 0 Å². The first-order valence-corrected chi connectivity index (χ1v) is 9.57. The van der Waals surface area contributed by atoms with Gasteiger partial charge in [0.2, 0.25) is 0 Å². The SMILES string of the molecule is N#Cc1cc(NCc2ccnc(N3CCCCC3)c2)nc2ccc([N+](=O)[O-])cc12. The van der Waals surface area contributed by atoms with Gasteiger partial charge in [-0.2, -0.15) is 5.26 Å². The smallest absolute Gasteiger partial charge is 0.270 e. The number of nitrogens with one attached hydrogen (secondary N) is 1. The van der Waals surface area contributed by atoms with Crippen molar-refractivity contribution in [1.29, 1.82) is 5.26 Å². The second-order valence-corrected chi connectivity index (χ2v) is 7.05. The summed E-state index contributed by atoms with van der Waals surface area (Å²) < 4.78 is 0. The molecule has 1 saturated heterocycles. The lowest BCUT2D eigenvalue weighted by molar-refractivity contribution is -0.384. The van der Waals surface area contributed by atoms with E-state index < -0.39 is 4.92 Å². The van der Waals surface area contributed by atoms with Gasteiger partial charge in [-0.15, -0.1) is 0 Å². The number of anilines is 2. The van der Waals surface area contributed by atoms with Crippen molar-refractivity contribution < 1.29 is 4.92 Å². The van der Waals surface area contributed by atoms with Crippen molar-refractivity contribution in [2.75, 3.05) is 23.3 Å². The third-order valence-corrected chi connectivity index (χ3v) is 5.09. The van der Waals surface area contributed by atoms with Crippen molar-refractivity contribution in [2.24, 2.45) is 0 Å². The van der Waals surface area contributed by atoms with E-state index in [4.69, 9.17) is 0 Å². The predicted octanol–water partition coefficient (Wildman–Crippen LogP) is 4.01. The van der Waals surface area contributed by atoms with Gasteiger partial charge in [0.05, 0.1) is 22.1 Å². The van der Waals surface area contributed by atoms with Crippen LogP contribution in [0.2, 0.25) is 0 Å². The number of non-ortho nitro benzene ring substituents is 1. The number of nitro groups is 1. The lowest BCUT2D eigenvalue weighted by atomic mass is 10.1. The normalized spacial score (nSPS) is 13.8. The Labute approximate surface area is 168 Å². The molecule has 8 nitrogen and oxygen atoms in total. The first kappa shape index (κ1) is 18.6. The Hall–Kier alpha value is -3.73. The van der Waals surface area contributed by atoms with Crippen LogP contribution in [0.3, 0.4) is 0 Å². The fraction of sp³-hybridized carbons (Fsp3) is 0.286. The average molecular weight is 388 g/mol. The van der Waals surface area contributed by atoms with Crippen molar-refractivity contribution in [3.8, 4) is 6.07 Å². The van der Waals surface area contributed by atoms with Gasteiger partial charge in [-0.3, -0.25) is 10.1 Å². The van der Waals surface area contributed by atoms with Crippen LogP contribution in [0.4, 0.5) is 17.3 Å². The number of hydrogen-bond acceptors (Lipinski definition) is 7. The Morgan fingerprint density at radius 1 is 1.17 bits per heavy atom. The number of nitro benzene ring substituents is 1. The van der Waals surface area contributed by atoms with Crippen LogP contribution in [0, 0.1) is 21.4 Å². The van der Waals surface area contributed by atoms with Crippen molar-refractivity contribution in [2.45, 2.75) is 25.8 Å². The van der Waals surface area contributed by atoms with Crippen molar-refractivity contribution in [1.82, 2.24) is 9.97 Å². The van der Waals surface area contributed by atoms with Crippen molar-refractivity contribution >= 4 is 28.2 Å². The Bertz CT molecular complexity index is 1100. The largest absolute Gasteiger partial charge is 0.366 e. The number of aromatic nitrogens is 2. The van der Waals surface area contributed by atoms with Crippen LogP contribution in [0.25, 0.3) is 10.9 Å². The summed E-state index contributed by atoms with van der Waals surface area (Å²) in [6.07, 6.45) is 5.48. The van der Waals surface area contributed by atoms with Crippen LogP contribution in [-0.4, -0.2) is 28.0 Å². The van der Waals surface area contributed by atoms with Crippen LogP contribution < -0.4 is 10.2 Å². The summed E-state index contributed by atoms with van der Waals surface area (Å²) in [4.78, 5) is 21.8. The highest BCUT2D eigenvalue weighted by Gasteiger charge is 2.13. The van der Waals surface area contributed by atoms with Crippen LogP contribution >= 0.6 is 0 Å². The first-order valence-electron chi connectivity index (χ1n) is 9.57. The highest BCUT2D eigenvalue weighted by atomic mass is 16.6. The summed E-state index contributed by atoms with van der Waals surface area (Å²) >= 11 is 0. The lowest BCUT2D eigenvalue weighted by Crippen LogP contribution is -2.30. The van der Waals surface area contributed by atoms with Crippen molar-refractivity contribution in [3.63, 3.8) is 0 Å². The maximum atomic E-state index is 11.0. The van der Waals surface area contributed by atoms with E-state index in [9.17, 15) is 15.4 Å². The number of pyridine rings is 2. The average Bonchev–Trinajstić information content (AvgIpc) is 2.77. The van der Waals surface area contributed by atoms with E-state index in [1.165, 1.54) is 31.4 Å². The van der Waals surface area contributed by atoms with E-state index in [-0.39, 0.29) is 5.69 Å². The Morgan fingerprint density at radius 2 is 2.00 bits per heavy atom. The number of hydrogen-bond donors (Lipinski definition) is 1. The van der Waals surface area contributed by atoms with Gasteiger partial charge in [-0.05, 0) is 49.1 Å². The Balaban J connectivity index is 1.55. The van der Waals surface area contributed by atoms with Gasteiger partial charge in [-0.1, -0.05) is 0 Å². The molecule has 0 unspecified atom stereocenters. The molecule has 0 atom stereocenters. The molecule has 4 rings (SSSR count). The summed E-state index contributed by atoms with van der Waals surface area (Å²) in [6.45, 7) is 2.61. The fourth-order valence-electron chi connectivity index (χ4n) is 3.57. The van der Waals surface area contributed by atoms with E-state index in [0.717, 1.165) is 24.5 Å². The molecule has 0 bridgehead atoms. The minimum absolute atomic E-state index is 0.0569. The van der Waals surface area contributed by atoms with Gasteiger partial charge in [-0.25, -0.2) is 9.97 Å². The molecular formula is C21H20N6O2. The van der Waals surface area contributed by atoms with E-state index >= 15 is 0 Å². The molecule has 0 amide bonds. The number of nitrogens with zero attached hydrogens (tertiary/aromatic N) is 5. The monoisotopic (exact) mass is 388 g/mol. The van der Waals surface area contributed by atoms with Gasteiger partial charge in [0.25, 0.3) is 5.69 Å². The van der Waals surface area contributed by atoms with E-state index in [1.54, 1.807) is 12.1 Å². The van der Waals surface area contributed by atoms with E-state index in [0.29, 0.717) is 28.8 Å². The minimum atomic E-state index is -0.476. The quantitative estimate of drug-likeness (QED) is 0.519. The predicted molar refractivity (Wildman–Crippen MR) is 111 cm³/mol. The minimum Gasteiger partial charge on any atom is -0.366 e. The molecule has 8 heteroatoms. The molecule has 146 valence electrons. The molecule has 1 N–H and O–H groups in total. The van der Waals surface area contributed by atoms with Crippen LogP contribution in [-0.2, 0) is 6.54 Å². The number of piperidine rings is 1. The fourth-order valence-corrected chi connectivity index (χ4v) is 3.57. The zero-order chi connectivity index (χ0) is 20.2. The first-order chi connectivity index (χ1) is 14.1. The summed E-state index contributed by atoms with van der Waals surface area (Å²) in [5.74, 6) is 1.54. The second-order valence-electron chi connectivity index (χ2n) is 7.05. The molecular weight excluding hydrogens is 368 g/mol. The topological polar surface area (TPSA) is 108 Å².